The summed E-state index contributed by atoms with van der Waals surface area (Å²) < 4.78 is 0. The lowest BCUT2D eigenvalue weighted by atomic mass is 9.81. The third-order valence-electron chi connectivity index (χ3n) is 5.11. The van der Waals surface area contributed by atoms with E-state index in [1.807, 2.05) is 13.8 Å². The molecule has 0 heterocycles. The number of hydrogen-bond acceptors (Lipinski definition) is 3. The summed E-state index contributed by atoms with van der Waals surface area (Å²) in [6.07, 6.45) is 8.31. The summed E-state index contributed by atoms with van der Waals surface area (Å²) in [6.45, 7) is 3.93. The van der Waals surface area contributed by atoms with Crippen LogP contribution in [0.1, 0.15) is 78.1 Å². The molecule has 2 amide bonds. The van der Waals surface area contributed by atoms with Crippen LogP contribution in [0.25, 0.3) is 0 Å². The largest absolute Gasteiger partial charge is 0.389 e. The van der Waals surface area contributed by atoms with Crippen molar-refractivity contribution in [3.8, 4) is 0 Å². The van der Waals surface area contributed by atoms with Gasteiger partial charge in [-0.1, -0.05) is 25.7 Å². The second kappa shape index (κ2) is 8.13. The predicted molar refractivity (Wildman–Crippen MR) is 89.8 cm³/mol. The van der Waals surface area contributed by atoms with Crippen molar-refractivity contribution in [1.82, 2.24) is 10.6 Å². The van der Waals surface area contributed by atoms with Gasteiger partial charge >= 0.3 is 0 Å². The van der Waals surface area contributed by atoms with E-state index in [4.69, 9.17) is 0 Å². The van der Waals surface area contributed by atoms with Gasteiger partial charge in [0.05, 0.1) is 12.0 Å². The van der Waals surface area contributed by atoms with Crippen molar-refractivity contribution in [3.05, 3.63) is 0 Å². The van der Waals surface area contributed by atoms with Gasteiger partial charge in [0, 0.05) is 18.0 Å². The Hall–Kier alpha value is -1.10. The van der Waals surface area contributed by atoms with E-state index in [0.717, 1.165) is 51.4 Å². The molecule has 5 nitrogen and oxygen atoms in total. The summed E-state index contributed by atoms with van der Waals surface area (Å²) in [7, 11) is 0. The lowest BCUT2D eigenvalue weighted by Crippen LogP contribution is -2.46. The molecule has 0 spiro atoms. The smallest absolute Gasteiger partial charge is 0.223 e. The zero-order valence-electron chi connectivity index (χ0n) is 14.6. The second-order valence-corrected chi connectivity index (χ2v) is 7.75. The maximum absolute atomic E-state index is 12.3. The van der Waals surface area contributed by atoms with Gasteiger partial charge in [0.2, 0.25) is 11.8 Å². The fourth-order valence-electron chi connectivity index (χ4n) is 3.93. The van der Waals surface area contributed by atoms with Gasteiger partial charge in [-0.05, 0) is 46.0 Å². The lowest BCUT2D eigenvalue weighted by Gasteiger charge is -2.33. The summed E-state index contributed by atoms with van der Waals surface area (Å²) in [6, 6.07) is 0.212. The van der Waals surface area contributed by atoms with Crippen molar-refractivity contribution >= 4 is 11.8 Å². The van der Waals surface area contributed by atoms with Crippen LogP contribution >= 0.6 is 0 Å². The van der Waals surface area contributed by atoms with Gasteiger partial charge in [-0.25, -0.2) is 0 Å². The predicted octanol–water partition coefficient (Wildman–Crippen LogP) is 2.27. The molecule has 2 rings (SSSR count). The minimum atomic E-state index is -0.814. The molecule has 132 valence electrons. The number of hydrogen-bond donors (Lipinski definition) is 3. The Morgan fingerprint density at radius 3 is 2.48 bits per heavy atom. The van der Waals surface area contributed by atoms with Crippen LogP contribution in [0.15, 0.2) is 0 Å². The highest BCUT2D eigenvalue weighted by molar-refractivity contribution is 5.80. The Labute approximate surface area is 139 Å². The maximum atomic E-state index is 12.3. The first-order valence-electron chi connectivity index (χ1n) is 9.20. The molecule has 2 atom stereocenters. The summed E-state index contributed by atoms with van der Waals surface area (Å²) in [5.74, 6) is 0.0309. The first kappa shape index (κ1) is 18.2. The molecule has 0 aliphatic heterocycles. The molecule has 0 aromatic heterocycles. The Balaban J connectivity index is 1.80. The normalized spacial score (nSPS) is 27.5. The molecule has 0 aromatic rings. The molecule has 2 aliphatic rings. The minimum absolute atomic E-state index is 0.00535. The van der Waals surface area contributed by atoms with Gasteiger partial charge in [-0.3, -0.25) is 9.59 Å². The van der Waals surface area contributed by atoms with Crippen LogP contribution in [-0.2, 0) is 9.59 Å². The Bertz CT molecular complexity index is 416. The molecule has 0 radical (unpaired) electrons. The molecule has 5 heteroatoms. The zero-order valence-corrected chi connectivity index (χ0v) is 14.6. The van der Waals surface area contributed by atoms with Crippen molar-refractivity contribution < 1.29 is 14.7 Å². The number of aliphatic hydroxyl groups is 1. The third kappa shape index (κ3) is 5.79. The van der Waals surface area contributed by atoms with E-state index in [9.17, 15) is 14.7 Å². The second-order valence-electron chi connectivity index (χ2n) is 7.75. The molecule has 0 saturated heterocycles. The van der Waals surface area contributed by atoms with E-state index >= 15 is 0 Å². The average Bonchev–Trinajstić information content (AvgIpc) is 2.46. The Morgan fingerprint density at radius 2 is 1.83 bits per heavy atom. The molecule has 0 bridgehead atoms. The molecular formula is C18H32N2O3. The molecule has 0 unspecified atom stereocenters. The van der Waals surface area contributed by atoms with Crippen molar-refractivity contribution in [2.75, 3.05) is 0 Å². The van der Waals surface area contributed by atoms with E-state index in [1.165, 1.54) is 0 Å². The molecule has 23 heavy (non-hydrogen) atoms. The van der Waals surface area contributed by atoms with Crippen molar-refractivity contribution in [3.63, 3.8) is 0 Å². The van der Waals surface area contributed by atoms with E-state index in [1.54, 1.807) is 0 Å². The third-order valence-corrected chi connectivity index (χ3v) is 5.11. The van der Waals surface area contributed by atoms with E-state index in [-0.39, 0.29) is 36.2 Å². The van der Waals surface area contributed by atoms with Crippen LogP contribution in [0.3, 0.4) is 0 Å². The van der Waals surface area contributed by atoms with Gasteiger partial charge in [0.15, 0.2) is 0 Å². The number of amides is 2. The SMILES string of the molecule is CC(C)NC(=O)[C@H]1CCC[C@@H](NC(=O)CC2(O)CCCCC2)C1. The molecule has 3 N–H and O–H groups in total. The fraction of sp³-hybridized carbons (Fsp3) is 0.889. The summed E-state index contributed by atoms with van der Waals surface area (Å²) in [5, 5.41) is 16.5. The molecule has 2 saturated carbocycles. The number of carbonyl (C=O) groups excluding carboxylic acids is 2. The van der Waals surface area contributed by atoms with Crippen molar-refractivity contribution in [2.45, 2.75) is 95.7 Å². The maximum Gasteiger partial charge on any atom is 0.223 e. The number of nitrogens with one attached hydrogen (secondary N) is 2. The van der Waals surface area contributed by atoms with Gasteiger partial charge in [-0.15, -0.1) is 0 Å². The van der Waals surface area contributed by atoms with Crippen molar-refractivity contribution in [1.29, 1.82) is 0 Å². The van der Waals surface area contributed by atoms with E-state index < -0.39 is 5.60 Å². The zero-order chi connectivity index (χ0) is 16.9. The van der Waals surface area contributed by atoms with E-state index in [0.29, 0.717) is 6.42 Å². The first-order valence-corrected chi connectivity index (χ1v) is 9.20. The Morgan fingerprint density at radius 1 is 1.13 bits per heavy atom. The summed E-state index contributed by atoms with van der Waals surface area (Å²) in [5.41, 5.74) is -0.814. The van der Waals surface area contributed by atoms with Crippen LogP contribution in [0.5, 0.6) is 0 Å². The van der Waals surface area contributed by atoms with Crippen LogP contribution in [0.4, 0.5) is 0 Å². The molecule has 2 aliphatic carbocycles. The van der Waals surface area contributed by atoms with Gasteiger partial charge in [-0.2, -0.15) is 0 Å². The van der Waals surface area contributed by atoms with Crippen LogP contribution < -0.4 is 10.6 Å². The molecule has 0 aromatic carbocycles. The van der Waals surface area contributed by atoms with Crippen molar-refractivity contribution in [2.24, 2.45) is 5.92 Å². The summed E-state index contributed by atoms with van der Waals surface area (Å²) >= 11 is 0. The molecular weight excluding hydrogens is 292 g/mol. The van der Waals surface area contributed by atoms with E-state index in [2.05, 4.69) is 10.6 Å². The fourth-order valence-corrected chi connectivity index (χ4v) is 3.93. The Kier molecular flexibility index (Phi) is 6.45. The first-order chi connectivity index (χ1) is 10.9. The van der Waals surface area contributed by atoms with Crippen LogP contribution in [0, 0.1) is 5.92 Å². The lowest BCUT2D eigenvalue weighted by molar-refractivity contribution is -0.130. The van der Waals surface area contributed by atoms with Crippen LogP contribution in [-0.4, -0.2) is 34.6 Å². The van der Waals surface area contributed by atoms with Gasteiger partial charge in [0.1, 0.15) is 0 Å². The summed E-state index contributed by atoms with van der Waals surface area (Å²) in [4.78, 5) is 24.4. The monoisotopic (exact) mass is 324 g/mol. The average molecular weight is 324 g/mol. The van der Waals surface area contributed by atoms with Crippen LogP contribution in [0.2, 0.25) is 0 Å². The minimum Gasteiger partial charge on any atom is -0.389 e. The number of carbonyl (C=O) groups is 2. The highest BCUT2D eigenvalue weighted by Gasteiger charge is 2.33. The quantitative estimate of drug-likeness (QED) is 0.726. The highest BCUT2D eigenvalue weighted by atomic mass is 16.3. The molecule has 2 fully saturated rings. The van der Waals surface area contributed by atoms with Gasteiger partial charge in [0.25, 0.3) is 0 Å². The topological polar surface area (TPSA) is 78.4 Å². The number of rotatable bonds is 5. The van der Waals surface area contributed by atoms with Gasteiger partial charge < -0.3 is 15.7 Å². The standard InChI is InChI=1S/C18H32N2O3/c1-13(2)19-17(22)14-7-6-8-15(11-14)20-16(21)12-18(23)9-4-3-5-10-18/h13-15,23H,3-12H2,1-2H3,(H,19,22)(H,20,21)/t14-,15+/m0/s1. The highest BCUT2D eigenvalue weighted by Crippen LogP contribution is 2.31.